The smallest absolute Gasteiger partial charge is 0.271 e. The van der Waals surface area contributed by atoms with E-state index in [4.69, 9.17) is 4.74 Å². The van der Waals surface area contributed by atoms with E-state index in [1.165, 1.54) is 0 Å². The molecule has 3 aliphatic heterocycles. The number of nitrogens with one attached hydrogen (secondary N) is 1. The average molecular weight is 362 g/mol. The number of hydrogen-bond acceptors (Lipinski definition) is 5. The van der Waals surface area contributed by atoms with Crippen molar-refractivity contribution in [3.8, 4) is 0 Å². The normalized spacial score (nSPS) is 29.4. The summed E-state index contributed by atoms with van der Waals surface area (Å²) >= 11 is 0. The number of piperidine rings is 2. The molecule has 0 aromatic carbocycles. The van der Waals surface area contributed by atoms with E-state index in [0.717, 1.165) is 77.3 Å². The molecule has 2 N–H and O–H groups in total. The maximum Gasteiger partial charge on any atom is 0.271 e. The Morgan fingerprint density at radius 1 is 1.42 bits per heavy atom. The molecule has 0 radical (unpaired) electrons. The van der Waals surface area contributed by atoms with Crippen molar-refractivity contribution in [2.24, 2.45) is 5.41 Å². The summed E-state index contributed by atoms with van der Waals surface area (Å²) in [7, 11) is 0. The molecule has 3 fully saturated rings. The van der Waals surface area contributed by atoms with Crippen molar-refractivity contribution in [1.82, 2.24) is 19.8 Å². The third-order valence-corrected chi connectivity index (χ3v) is 6.27. The third kappa shape index (κ3) is 3.80. The fourth-order valence-corrected chi connectivity index (χ4v) is 4.73. The number of ether oxygens (including phenoxy) is 1. The van der Waals surface area contributed by atoms with Crippen LogP contribution in [-0.2, 0) is 4.74 Å². The van der Waals surface area contributed by atoms with Crippen LogP contribution < -0.4 is 0 Å². The zero-order valence-corrected chi connectivity index (χ0v) is 15.6. The predicted octanol–water partition coefficient (Wildman–Crippen LogP) is 1.19. The zero-order valence-electron chi connectivity index (χ0n) is 15.6. The first-order valence-electron chi connectivity index (χ1n) is 9.86. The number of hydrogen-bond donors (Lipinski definition) is 2. The fraction of sp³-hybridized carbons (Fsp3) is 0.789. The molecule has 0 bridgehead atoms. The van der Waals surface area contributed by atoms with Crippen molar-refractivity contribution in [2.45, 2.75) is 51.2 Å². The van der Waals surface area contributed by atoms with Crippen LogP contribution in [0.2, 0.25) is 0 Å². The van der Waals surface area contributed by atoms with Gasteiger partial charge in [-0.15, -0.1) is 0 Å². The summed E-state index contributed by atoms with van der Waals surface area (Å²) in [4.78, 5) is 24.0. The molecule has 0 aliphatic carbocycles. The minimum absolute atomic E-state index is 0.0539. The van der Waals surface area contributed by atoms with Crippen LogP contribution in [0.1, 0.15) is 48.4 Å². The summed E-state index contributed by atoms with van der Waals surface area (Å²) < 4.78 is 6.13. The van der Waals surface area contributed by atoms with Gasteiger partial charge in [0.15, 0.2) is 0 Å². The highest BCUT2D eigenvalue weighted by Crippen LogP contribution is 2.42. The summed E-state index contributed by atoms with van der Waals surface area (Å²) in [6, 6.07) is 0. The van der Waals surface area contributed by atoms with E-state index >= 15 is 0 Å². The lowest BCUT2D eigenvalue weighted by molar-refractivity contribution is 0.0227. The van der Waals surface area contributed by atoms with Gasteiger partial charge in [-0.05, 0) is 51.0 Å². The maximum atomic E-state index is 12.6. The number of likely N-dealkylation sites (tertiary alicyclic amines) is 2. The fourth-order valence-electron chi connectivity index (χ4n) is 4.73. The Balaban J connectivity index is 1.28. The van der Waals surface area contributed by atoms with Crippen LogP contribution in [0.25, 0.3) is 0 Å². The van der Waals surface area contributed by atoms with Gasteiger partial charge in [0.1, 0.15) is 11.5 Å². The molecular formula is C19H30N4O3. The number of nitrogens with zero attached hydrogens (tertiary/aromatic N) is 3. The number of aliphatic hydroxyl groups excluding tert-OH is 1. The van der Waals surface area contributed by atoms with E-state index < -0.39 is 0 Å². The summed E-state index contributed by atoms with van der Waals surface area (Å²) in [5.74, 6) is 0.829. The molecule has 2 atom stereocenters. The van der Waals surface area contributed by atoms with Gasteiger partial charge in [-0.25, -0.2) is 4.98 Å². The molecule has 7 nitrogen and oxygen atoms in total. The average Bonchev–Trinajstić information content (AvgIpc) is 3.22. The molecule has 144 valence electrons. The lowest BCUT2D eigenvalue weighted by Crippen LogP contribution is -2.44. The number of rotatable bonds is 3. The Morgan fingerprint density at radius 3 is 2.92 bits per heavy atom. The number of aromatic nitrogens is 2. The van der Waals surface area contributed by atoms with Gasteiger partial charge in [-0.1, -0.05) is 0 Å². The molecule has 0 saturated carbocycles. The molecular weight excluding hydrogens is 332 g/mol. The second-order valence-electron chi connectivity index (χ2n) is 8.37. The molecule has 3 saturated heterocycles. The molecule has 1 aromatic rings. The van der Waals surface area contributed by atoms with Crippen LogP contribution in [-0.4, -0.2) is 82.3 Å². The molecule has 1 amide bonds. The van der Waals surface area contributed by atoms with Gasteiger partial charge >= 0.3 is 0 Å². The quantitative estimate of drug-likeness (QED) is 0.844. The third-order valence-electron chi connectivity index (χ3n) is 6.27. The van der Waals surface area contributed by atoms with Gasteiger partial charge in [0.25, 0.3) is 5.91 Å². The number of amides is 1. The Labute approximate surface area is 154 Å². The van der Waals surface area contributed by atoms with Gasteiger partial charge in [0.05, 0.1) is 25.0 Å². The van der Waals surface area contributed by atoms with Crippen molar-refractivity contribution in [1.29, 1.82) is 0 Å². The van der Waals surface area contributed by atoms with E-state index in [0.29, 0.717) is 5.69 Å². The van der Waals surface area contributed by atoms with Gasteiger partial charge in [-0.3, -0.25) is 9.69 Å². The van der Waals surface area contributed by atoms with Crippen molar-refractivity contribution >= 4 is 5.91 Å². The second kappa shape index (κ2) is 7.29. The van der Waals surface area contributed by atoms with Crippen LogP contribution in [0.4, 0.5) is 0 Å². The summed E-state index contributed by atoms with van der Waals surface area (Å²) in [6.45, 7) is 7.01. The maximum absolute atomic E-state index is 12.6. The Morgan fingerprint density at radius 2 is 2.23 bits per heavy atom. The number of aliphatic hydroxyl groups is 1. The van der Waals surface area contributed by atoms with Crippen molar-refractivity contribution in [2.75, 3.05) is 39.3 Å². The van der Waals surface area contributed by atoms with Crippen molar-refractivity contribution in [3.05, 3.63) is 17.7 Å². The van der Waals surface area contributed by atoms with Crippen LogP contribution >= 0.6 is 0 Å². The molecule has 26 heavy (non-hydrogen) atoms. The number of imidazole rings is 1. The lowest BCUT2D eigenvalue weighted by Gasteiger charge is -2.38. The Bertz CT molecular complexity index is 638. The zero-order chi connectivity index (χ0) is 18.1. The largest absolute Gasteiger partial charge is 0.392 e. The highest BCUT2D eigenvalue weighted by atomic mass is 16.5. The number of β-amino-alcohol motifs (C(OH)–C–C–N with tert-alkyl or cyclic N) is 1. The summed E-state index contributed by atoms with van der Waals surface area (Å²) in [6.07, 6.45) is 6.79. The molecule has 1 spiro atoms. The van der Waals surface area contributed by atoms with Gasteiger partial charge in [0, 0.05) is 26.2 Å². The number of H-pyrrole nitrogens is 1. The SMILES string of the molecule is Cc1ncc(C(=O)N2CCC3(CC2)COC(CN2CCCC(O)C2)C3)[nH]1. The van der Waals surface area contributed by atoms with Gasteiger partial charge in [0.2, 0.25) is 0 Å². The van der Waals surface area contributed by atoms with Crippen LogP contribution in [0.5, 0.6) is 0 Å². The highest BCUT2D eigenvalue weighted by Gasteiger charge is 2.43. The first-order chi connectivity index (χ1) is 12.5. The molecule has 3 aliphatic rings. The minimum Gasteiger partial charge on any atom is -0.392 e. The van der Waals surface area contributed by atoms with Gasteiger partial charge < -0.3 is 19.7 Å². The lowest BCUT2D eigenvalue weighted by atomic mass is 9.76. The van der Waals surface area contributed by atoms with E-state index in [9.17, 15) is 9.90 Å². The van der Waals surface area contributed by atoms with E-state index in [1.54, 1.807) is 6.20 Å². The molecule has 2 unspecified atom stereocenters. The summed E-state index contributed by atoms with van der Waals surface area (Å²) in [5, 5.41) is 9.85. The van der Waals surface area contributed by atoms with E-state index in [-0.39, 0.29) is 23.5 Å². The second-order valence-corrected chi connectivity index (χ2v) is 8.37. The number of aromatic amines is 1. The van der Waals surface area contributed by atoms with Crippen LogP contribution in [0.3, 0.4) is 0 Å². The van der Waals surface area contributed by atoms with Crippen molar-refractivity contribution < 1.29 is 14.6 Å². The molecule has 4 rings (SSSR count). The van der Waals surface area contributed by atoms with Crippen LogP contribution in [0.15, 0.2) is 6.20 Å². The van der Waals surface area contributed by atoms with Gasteiger partial charge in [-0.2, -0.15) is 0 Å². The highest BCUT2D eigenvalue weighted by molar-refractivity contribution is 5.92. The predicted molar refractivity (Wildman–Crippen MR) is 96.9 cm³/mol. The first kappa shape index (κ1) is 17.9. The molecule has 4 heterocycles. The number of carbonyl (C=O) groups is 1. The molecule has 7 heteroatoms. The number of aryl methyl sites for hydroxylation is 1. The van der Waals surface area contributed by atoms with E-state index in [2.05, 4.69) is 14.9 Å². The first-order valence-corrected chi connectivity index (χ1v) is 9.86. The Hall–Kier alpha value is -1.44. The Kier molecular flexibility index (Phi) is 5.03. The monoisotopic (exact) mass is 362 g/mol. The van der Waals surface area contributed by atoms with Crippen LogP contribution in [0, 0.1) is 12.3 Å². The minimum atomic E-state index is -0.181. The summed E-state index contributed by atoms with van der Waals surface area (Å²) in [5.41, 5.74) is 0.808. The number of carbonyl (C=O) groups excluding carboxylic acids is 1. The van der Waals surface area contributed by atoms with E-state index in [1.807, 2.05) is 11.8 Å². The molecule has 1 aromatic heterocycles. The standard InChI is InChI=1S/C19H30N4O3/c1-14-20-10-17(21-14)18(25)23-7-4-19(5-8-23)9-16(26-13-19)12-22-6-2-3-15(24)11-22/h10,15-16,24H,2-9,11-13H2,1H3,(H,20,21). The van der Waals surface area contributed by atoms with Crippen molar-refractivity contribution in [3.63, 3.8) is 0 Å². The topological polar surface area (TPSA) is 81.7 Å².